The van der Waals surface area contributed by atoms with Crippen molar-refractivity contribution in [1.82, 2.24) is 0 Å². The van der Waals surface area contributed by atoms with E-state index in [2.05, 4.69) is 0 Å². The minimum atomic E-state index is -0.499. The first-order valence-electron chi connectivity index (χ1n) is 3.99. The third kappa shape index (κ3) is 1.93. The Morgan fingerprint density at radius 2 is 2.27 bits per heavy atom. The molecule has 0 amide bonds. The molecular formula is C8H14O3. The Bertz CT molecular complexity index is 153. The Labute approximate surface area is 66.4 Å². The lowest BCUT2D eigenvalue weighted by atomic mass is 10.0. The van der Waals surface area contributed by atoms with Crippen molar-refractivity contribution in [2.75, 3.05) is 0 Å². The van der Waals surface area contributed by atoms with E-state index >= 15 is 0 Å². The van der Waals surface area contributed by atoms with Crippen LogP contribution in [-0.2, 0) is 9.53 Å². The molecule has 0 aliphatic carbocycles. The first-order valence-corrected chi connectivity index (χ1v) is 3.99. The summed E-state index contributed by atoms with van der Waals surface area (Å²) in [5, 5.41) is 9.47. The average molecular weight is 158 g/mol. The van der Waals surface area contributed by atoms with Gasteiger partial charge in [-0.1, -0.05) is 13.8 Å². The van der Waals surface area contributed by atoms with Gasteiger partial charge in [0.15, 0.2) is 0 Å². The Morgan fingerprint density at radius 3 is 2.64 bits per heavy atom. The van der Waals surface area contributed by atoms with Gasteiger partial charge in [-0.25, -0.2) is 0 Å². The summed E-state index contributed by atoms with van der Waals surface area (Å²) >= 11 is 0. The van der Waals surface area contributed by atoms with Crippen LogP contribution in [-0.4, -0.2) is 23.3 Å². The third-order valence-electron chi connectivity index (χ3n) is 1.98. The molecule has 0 aromatic carbocycles. The molecule has 0 spiro atoms. The smallest absolute Gasteiger partial charge is 0.306 e. The summed E-state index contributed by atoms with van der Waals surface area (Å²) in [6, 6.07) is 0. The normalized spacial score (nSPS) is 27.3. The first kappa shape index (κ1) is 8.53. The van der Waals surface area contributed by atoms with Crippen molar-refractivity contribution in [1.29, 1.82) is 0 Å². The lowest BCUT2D eigenvalue weighted by Gasteiger charge is -2.19. The topological polar surface area (TPSA) is 46.5 Å². The van der Waals surface area contributed by atoms with E-state index < -0.39 is 6.10 Å². The van der Waals surface area contributed by atoms with E-state index in [0.717, 1.165) is 0 Å². The predicted molar refractivity (Wildman–Crippen MR) is 40.0 cm³/mol. The van der Waals surface area contributed by atoms with Crippen LogP contribution in [0.5, 0.6) is 0 Å². The van der Waals surface area contributed by atoms with Gasteiger partial charge in [0.05, 0.1) is 6.10 Å². The molecule has 0 aromatic heterocycles. The summed E-state index contributed by atoms with van der Waals surface area (Å²) in [7, 11) is 0. The fraction of sp³-hybridized carbons (Fsp3) is 0.875. The SMILES string of the molecule is CC(C)C(O)C1CCC(=O)O1. The number of esters is 1. The van der Waals surface area contributed by atoms with Crippen LogP contribution < -0.4 is 0 Å². The number of hydrogen-bond donors (Lipinski definition) is 1. The molecule has 1 aliphatic heterocycles. The van der Waals surface area contributed by atoms with Gasteiger partial charge in [-0.2, -0.15) is 0 Å². The summed E-state index contributed by atoms with van der Waals surface area (Å²) in [6.07, 6.45) is 0.357. The number of ether oxygens (including phenoxy) is 1. The van der Waals surface area contributed by atoms with Gasteiger partial charge in [-0.05, 0) is 12.3 Å². The zero-order chi connectivity index (χ0) is 8.43. The zero-order valence-corrected chi connectivity index (χ0v) is 6.91. The highest BCUT2D eigenvalue weighted by atomic mass is 16.6. The molecule has 3 heteroatoms. The molecular weight excluding hydrogens is 144 g/mol. The standard InChI is InChI=1S/C8H14O3/c1-5(2)8(10)6-3-4-7(9)11-6/h5-6,8,10H,3-4H2,1-2H3. The molecule has 1 N–H and O–H groups in total. The fourth-order valence-corrected chi connectivity index (χ4v) is 1.22. The van der Waals surface area contributed by atoms with E-state index in [1.165, 1.54) is 0 Å². The average Bonchev–Trinajstić information content (AvgIpc) is 2.34. The van der Waals surface area contributed by atoms with E-state index in [0.29, 0.717) is 12.8 Å². The maximum Gasteiger partial charge on any atom is 0.306 e. The molecule has 1 fully saturated rings. The molecule has 1 rings (SSSR count). The number of aliphatic hydroxyl groups excluding tert-OH is 1. The van der Waals surface area contributed by atoms with Gasteiger partial charge < -0.3 is 9.84 Å². The highest BCUT2D eigenvalue weighted by molar-refractivity contribution is 5.71. The van der Waals surface area contributed by atoms with E-state index in [9.17, 15) is 9.90 Å². The second kappa shape index (κ2) is 3.22. The van der Waals surface area contributed by atoms with Gasteiger partial charge in [0.2, 0.25) is 0 Å². The van der Waals surface area contributed by atoms with Gasteiger partial charge in [-0.3, -0.25) is 4.79 Å². The van der Waals surface area contributed by atoms with Crippen LogP contribution in [0.3, 0.4) is 0 Å². The monoisotopic (exact) mass is 158 g/mol. The molecule has 3 nitrogen and oxygen atoms in total. The lowest BCUT2D eigenvalue weighted by Crippen LogP contribution is -2.30. The molecule has 11 heavy (non-hydrogen) atoms. The molecule has 0 bridgehead atoms. The quantitative estimate of drug-likeness (QED) is 0.602. The number of aliphatic hydroxyl groups is 1. The van der Waals surface area contributed by atoms with Gasteiger partial charge in [0.1, 0.15) is 6.10 Å². The van der Waals surface area contributed by atoms with Crippen molar-refractivity contribution < 1.29 is 14.6 Å². The highest BCUT2D eigenvalue weighted by Crippen LogP contribution is 2.20. The summed E-state index contributed by atoms with van der Waals surface area (Å²) in [6.45, 7) is 3.83. The number of carbonyl (C=O) groups excluding carboxylic acids is 1. The van der Waals surface area contributed by atoms with Crippen LogP contribution in [0.15, 0.2) is 0 Å². The zero-order valence-electron chi connectivity index (χ0n) is 6.91. The van der Waals surface area contributed by atoms with Crippen LogP contribution in [0.2, 0.25) is 0 Å². The molecule has 1 aliphatic rings. The maximum atomic E-state index is 10.6. The second-order valence-electron chi connectivity index (χ2n) is 3.30. The number of carbonyl (C=O) groups is 1. The molecule has 2 atom stereocenters. The van der Waals surface area contributed by atoms with E-state index in [4.69, 9.17) is 4.74 Å². The summed E-state index contributed by atoms with van der Waals surface area (Å²) < 4.78 is 4.90. The van der Waals surface area contributed by atoms with Crippen LogP contribution in [0.25, 0.3) is 0 Å². The Hall–Kier alpha value is -0.570. The number of cyclic esters (lactones) is 1. The molecule has 2 unspecified atom stereocenters. The van der Waals surface area contributed by atoms with E-state index in [1.54, 1.807) is 0 Å². The van der Waals surface area contributed by atoms with Crippen molar-refractivity contribution in [2.45, 2.75) is 38.9 Å². The Kier molecular flexibility index (Phi) is 2.49. The van der Waals surface area contributed by atoms with Gasteiger partial charge in [0, 0.05) is 6.42 Å². The van der Waals surface area contributed by atoms with Crippen molar-refractivity contribution in [3.8, 4) is 0 Å². The van der Waals surface area contributed by atoms with Crippen molar-refractivity contribution in [3.05, 3.63) is 0 Å². The minimum Gasteiger partial charge on any atom is -0.460 e. The Balaban J connectivity index is 2.43. The summed E-state index contributed by atoms with van der Waals surface area (Å²) in [5.41, 5.74) is 0. The largest absolute Gasteiger partial charge is 0.460 e. The maximum absolute atomic E-state index is 10.6. The summed E-state index contributed by atoms with van der Waals surface area (Å²) in [5.74, 6) is -0.0272. The van der Waals surface area contributed by atoms with E-state index in [-0.39, 0.29) is 18.0 Å². The Morgan fingerprint density at radius 1 is 1.64 bits per heavy atom. The molecule has 0 aromatic rings. The predicted octanol–water partition coefficient (Wildman–Crippen LogP) is 0.709. The molecule has 1 heterocycles. The number of rotatable bonds is 2. The van der Waals surface area contributed by atoms with Gasteiger partial charge >= 0.3 is 5.97 Å². The molecule has 0 radical (unpaired) electrons. The van der Waals surface area contributed by atoms with Crippen LogP contribution in [0, 0.1) is 5.92 Å². The molecule has 64 valence electrons. The van der Waals surface area contributed by atoms with Gasteiger partial charge in [0.25, 0.3) is 0 Å². The third-order valence-corrected chi connectivity index (χ3v) is 1.98. The lowest BCUT2D eigenvalue weighted by molar-refractivity contribution is -0.146. The summed E-state index contributed by atoms with van der Waals surface area (Å²) in [4.78, 5) is 10.6. The van der Waals surface area contributed by atoms with Crippen LogP contribution in [0.4, 0.5) is 0 Å². The van der Waals surface area contributed by atoms with Gasteiger partial charge in [-0.15, -0.1) is 0 Å². The minimum absolute atomic E-state index is 0.158. The van der Waals surface area contributed by atoms with Crippen molar-refractivity contribution in [2.24, 2.45) is 5.92 Å². The van der Waals surface area contributed by atoms with Crippen molar-refractivity contribution in [3.63, 3.8) is 0 Å². The number of hydrogen-bond acceptors (Lipinski definition) is 3. The highest BCUT2D eigenvalue weighted by Gasteiger charge is 2.31. The van der Waals surface area contributed by atoms with Crippen LogP contribution in [0.1, 0.15) is 26.7 Å². The van der Waals surface area contributed by atoms with Crippen molar-refractivity contribution >= 4 is 5.97 Å². The molecule has 0 saturated carbocycles. The first-order chi connectivity index (χ1) is 5.11. The fourth-order valence-electron chi connectivity index (χ4n) is 1.22. The molecule has 1 saturated heterocycles. The van der Waals surface area contributed by atoms with Crippen LogP contribution >= 0.6 is 0 Å². The van der Waals surface area contributed by atoms with E-state index in [1.807, 2.05) is 13.8 Å². The second-order valence-corrected chi connectivity index (χ2v) is 3.30.